The SMILES string of the molecule is C=CCCCCC(C)NCc1ccccn1. The first kappa shape index (κ1) is 12.9. The molecule has 0 aliphatic heterocycles. The minimum atomic E-state index is 0.562. The van der Waals surface area contributed by atoms with E-state index < -0.39 is 0 Å². The van der Waals surface area contributed by atoms with Crippen LogP contribution >= 0.6 is 0 Å². The van der Waals surface area contributed by atoms with E-state index in [1.54, 1.807) is 0 Å². The van der Waals surface area contributed by atoms with E-state index in [0.717, 1.165) is 18.7 Å². The summed E-state index contributed by atoms with van der Waals surface area (Å²) in [7, 11) is 0. The van der Waals surface area contributed by atoms with Crippen molar-refractivity contribution in [3.63, 3.8) is 0 Å². The largest absolute Gasteiger partial charge is 0.309 e. The number of nitrogens with one attached hydrogen (secondary N) is 1. The van der Waals surface area contributed by atoms with Gasteiger partial charge in [0.1, 0.15) is 0 Å². The first-order valence-corrected chi connectivity index (χ1v) is 6.07. The van der Waals surface area contributed by atoms with Gasteiger partial charge in [-0.3, -0.25) is 4.98 Å². The van der Waals surface area contributed by atoms with E-state index in [-0.39, 0.29) is 0 Å². The van der Waals surface area contributed by atoms with Crippen LogP contribution in [-0.2, 0) is 6.54 Å². The van der Waals surface area contributed by atoms with Crippen LogP contribution < -0.4 is 5.32 Å². The molecule has 0 amide bonds. The second kappa shape index (κ2) is 8.05. The molecule has 0 radical (unpaired) electrons. The van der Waals surface area contributed by atoms with Gasteiger partial charge >= 0.3 is 0 Å². The van der Waals surface area contributed by atoms with Gasteiger partial charge in [0.15, 0.2) is 0 Å². The molecule has 0 saturated carbocycles. The highest BCUT2D eigenvalue weighted by Gasteiger charge is 2.01. The van der Waals surface area contributed by atoms with Gasteiger partial charge in [-0.1, -0.05) is 18.6 Å². The molecule has 0 aliphatic rings. The standard InChI is InChI=1S/C14H22N2/c1-3-4-5-6-9-13(2)16-12-14-10-7-8-11-15-14/h3,7-8,10-11,13,16H,1,4-6,9,12H2,2H3. The number of aromatic nitrogens is 1. The minimum absolute atomic E-state index is 0.562. The maximum absolute atomic E-state index is 4.28. The first-order chi connectivity index (χ1) is 7.83. The van der Waals surface area contributed by atoms with Gasteiger partial charge in [0, 0.05) is 18.8 Å². The molecule has 2 heteroatoms. The summed E-state index contributed by atoms with van der Waals surface area (Å²) in [6.45, 7) is 6.83. The lowest BCUT2D eigenvalue weighted by Gasteiger charge is -2.12. The highest BCUT2D eigenvalue weighted by Crippen LogP contribution is 2.04. The minimum Gasteiger partial charge on any atom is -0.309 e. The molecule has 88 valence electrons. The van der Waals surface area contributed by atoms with Crippen LogP contribution in [-0.4, -0.2) is 11.0 Å². The summed E-state index contributed by atoms with van der Waals surface area (Å²) >= 11 is 0. The Labute approximate surface area is 98.8 Å². The van der Waals surface area contributed by atoms with Gasteiger partial charge in [0.25, 0.3) is 0 Å². The van der Waals surface area contributed by atoms with Crippen LogP contribution in [0, 0.1) is 0 Å². The fourth-order valence-electron chi connectivity index (χ4n) is 1.62. The summed E-state index contributed by atoms with van der Waals surface area (Å²) < 4.78 is 0. The second-order valence-corrected chi connectivity index (χ2v) is 4.18. The molecule has 0 spiro atoms. The molecule has 0 aromatic carbocycles. The van der Waals surface area contributed by atoms with E-state index >= 15 is 0 Å². The van der Waals surface area contributed by atoms with Gasteiger partial charge in [-0.2, -0.15) is 0 Å². The summed E-state index contributed by atoms with van der Waals surface area (Å²) in [5.41, 5.74) is 1.11. The Kier molecular flexibility index (Phi) is 6.50. The Morgan fingerprint density at radius 2 is 2.31 bits per heavy atom. The van der Waals surface area contributed by atoms with E-state index in [1.165, 1.54) is 19.3 Å². The fraction of sp³-hybridized carbons (Fsp3) is 0.500. The van der Waals surface area contributed by atoms with E-state index in [4.69, 9.17) is 0 Å². The average molecular weight is 218 g/mol. The molecule has 0 saturated heterocycles. The zero-order valence-corrected chi connectivity index (χ0v) is 10.2. The van der Waals surface area contributed by atoms with Crippen molar-refractivity contribution in [2.75, 3.05) is 0 Å². The number of hydrogen-bond acceptors (Lipinski definition) is 2. The van der Waals surface area contributed by atoms with Gasteiger partial charge in [0.2, 0.25) is 0 Å². The number of allylic oxidation sites excluding steroid dienone is 1. The maximum Gasteiger partial charge on any atom is 0.0541 e. The maximum atomic E-state index is 4.28. The van der Waals surface area contributed by atoms with Crippen molar-refractivity contribution < 1.29 is 0 Å². The van der Waals surface area contributed by atoms with Gasteiger partial charge in [-0.05, 0) is 38.3 Å². The molecular weight excluding hydrogens is 196 g/mol. The first-order valence-electron chi connectivity index (χ1n) is 6.07. The van der Waals surface area contributed by atoms with E-state index in [9.17, 15) is 0 Å². The van der Waals surface area contributed by atoms with Crippen molar-refractivity contribution in [1.82, 2.24) is 10.3 Å². The van der Waals surface area contributed by atoms with Crippen LogP contribution in [0.15, 0.2) is 37.1 Å². The molecule has 2 nitrogen and oxygen atoms in total. The lowest BCUT2D eigenvalue weighted by molar-refractivity contribution is 0.487. The lowest BCUT2D eigenvalue weighted by atomic mass is 10.1. The van der Waals surface area contributed by atoms with Crippen LogP contribution in [0.4, 0.5) is 0 Å². The number of rotatable bonds is 8. The third kappa shape index (κ3) is 5.66. The topological polar surface area (TPSA) is 24.9 Å². The third-order valence-corrected chi connectivity index (χ3v) is 2.65. The normalized spacial score (nSPS) is 12.3. The molecule has 16 heavy (non-hydrogen) atoms. The molecule has 1 aromatic rings. The molecule has 1 atom stereocenters. The molecule has 1 rings (SSSR count). The Morgan fingerprint density at radius 3 is 3.00 bits per heavy atom. The summed E-state index contributed by atoms with van der Waals surface area (Å²) in [4.78, 5) is 4.28. The predicted octanol–water partition coefficient (Wildman–Crippen LogP) is 3.31. The van der Waals surface area contributed by atoms with Crippen molar-refractivity contribution in [3.05, 3.63) is 42.7 Å². The number of hydrogen-bond donors (Lipinski definition) is 1. The zero-order valence-electron chi connectivity index (χ0n) is 10.2. The Hall–Kier alpha value is -1.15. The highest BCUT2D eigenvalue weighted by molar-refractivity contribution is 5.02. The Bertz CT molecular complexity index is 282. The summed E-state index contributed by atoms with van der Waals surface area (Å²) in [6.07, 6.45) is 8.70. The number of pyridine rings is 1. The highest BCUT2D eigenvalue weighted by atomic mass is 14.9. The summed E-state index contributed by atoms with van der Waals surface area (Å²) in [5.74, 6) is 0. The third-order valence-electron chi connectivity index (χ3n) is 2.65. The van der Waals surface area contributed by atoms with Gasteiger partial charge in [-0.15, -0.1) is 6.58 Å². The Morgan fingerprint density at radius 1 is 1.44 bits per heavy atom. The van der Waals surface area contributed by atoms with Crippen molar-refractivity contribution in [1.29, 1.82) is 0 Å². The summed E-state index contributed by atoms with van der Waals surface area (Å²) in [6, 6.07) is 6.59. The molecule has 1 N–H and O–H groups in total. The Balaban J connectivity index is 2.10. The second-order valence-electron chi connectivity index (χ2n) is 4.18. The fourth-order valence-corrected chi connectivity index (χ4v) is 1.62. The van der Waals surface area contributed by atoms with Crippen molar-refractivity contribution >= 4 is 0 Å². The number of unbranched alkanes of at least 4 members (excludes halogenated alkanes) is 2. The van der Waals surface area contributed by atoms with Gasteiger partial charge in [0.05, 0.1) is 5.69 Å². The lowest BCUT2D eigenvalue weighted by Crippen LogP contribution is -2.25. The smallest absolute Gasteiger partial charge is 0.0541 e. The van der Waals surface area contributed by atoms with Gasteiger partial charge < -0.3 is 5.32 Å². The van der Waals surface area contributed by atoms with Crippen LogP contribution in [0.2, 0.25) is 0 Å². The van der Waals surface area contributed by atoms with Crippen LogP contribution in [0.1, 0.15) is 38.3 Å². The van der Waals surface area contributed by atoms with Crippen molar-refractivity contribution in [2.24, 2.45) is 0 Å². The van der Waals surface area contributed by atoms with Crippen LogP contribution in [0.25, 0.3) is 0 Å². The van der Waals surface area contributed by atoms with E-state index in [0.29, 0.717) is 6.04 Å². The van der Waals surface area contributed by atoms with Gasteiger partial charge in [-0.25, -0.2) is 0 Å². The molecule has 0 bridgehead atoms. The average Bonchev–Trinajstić information content (AvgIpc) is 2.33. The predicted molar refractivity (Wildman–Crippen MR) is 69.2 cm³/mol. The quantitative estimate of drug-likeness (QED) is 0.535. The van der Waals surface area contributed by atoms with Crippen molar-refractivity contribution in [3.8, 4) is 0 Å². The molecule has 0 aliphatic carbocycles. The molecule has 1 aromatic heterocycles. The molecule has 1 unspecified atom stereocenters. The molecule has 0 fully saturated rings. The van der Waals surface area contributed by atoms with Crippen LogP contribution in [0.3, 0.4) is 0 Å². The molecule has 1 heterocycles. The van der Waals surface area contributed by atoms with Crippen LogP contribution in [0.5, 0.6) is 0 Å². The van der Waals surface area contributed by atoms with Crippen molar-refractivity contribution in [2.45, 2.75) is 45.2 Å². The number of nitrogens with zero attached hydrogens (tertiary/aromatic N) is 1. The van der Waals surface area contributed by atoms with E-state index in [1.807, 2.05) is 24.4 Å². The van der Waals surface area contributed by atoms with E-state index in [2.05, 4.69) is 29.9 Å². The summed E-state index contributed by atoms with van der Waals surface area (Å²) in [5, 5.41) is 3.49. The molecular formula is C14H22N2. The monoisotopic (exact) mass is 218 g/mol. The zero-order chi connectivity index (χ0) is 11.6.